The first-order valence-corrected chi connectivity index (χ1v) is 6.50. The van der Waals surface area contributed by atoms with Crippen LogP contribution in [0.5, 0.6) is 0 Å². The second kappa shape index (κ2) is 5.77. The zero-order valence-electron chi connectivity index (χ0n) is 8.69. The predicted molar refractivity (Wildman–Crippen MR) is 77.0 cm³/mol. The number of pyridine rings is 1. The molecule has 0 bridgehead atoms. The Labute approximate surface area is 126 Å². The molecule has 5 nitrogen and oxygen atoms in total. The molecule has 0 saturated heterocycles. The summed E-state index contributed by atoms with van der Waals surface area (Å²) in [5.74, 6) is -0.478. The Bertz CT molecular complexity index is 571. The van der Waals surface area contributed by atoms with Crippen LogP contribution in [0, 0.1) is 3.70 Å². The van der Waals surface area contributed by atoms with Gasteiger partial charge in [-0.15, -0.1) is 0 Å². The molecule has 0 atom stereocenters. The van der Waals surface area contributed by atoms with Gasteiger partial charge in [0.2, 0.25) is 0 Å². The first kappa shape index (κ1) is 13.4. The number of aromatic nitrogens is 3. The molecule has 0 fully saturated rings. The minimum atomic E-state index is -0.478. The molecule has 0 aliphatic heterocycles. The monoisotopic (exact) mass is 394 g/mol. The highest BCUT2D eigenvalue weighted by Gasteiger charge is 2.17. The van der Waals surface area contributed by atoms with E-state index in [-0.39, 0.29) is 15.9 Å². The molecule has 8 heteroatoms. The van der Waals surface area contributed by atoms with Crippen molar-refractivity contribution < 1.29 is 4.79 Å². The summed E-state index contributed by atoms with van der Waals surface area (Å²) in [6.45, 7) is 0. The average Bonchev–Trinajstić information content (AvgIpc) is 2.32. The molecule has 92 valence electrons. The molecule has 0 spiro atoms. The number of carbonyl (C=O) groups is 1. The van der Waals surface area contributed by atoms with Crippen LogP contribution < -0.4 is 5.32 Å². The summed E-state index contributed by atoms with van der Waals surface area (Å²) >= 11 is 13.7. The second-order valence-electron chi connectivity index (χ2n) is 3.15. The molecule has 2 aromatic heterocycles. The Balaban J connectivity index is 2.25. The van der Waals surface area contributed by atoms with Crippen LogP contribution in [-0.4, -0.2) is 20.9 Å². The van der Waals surface area contributed by atoms with Gasteiger partial charge in [0.1, 0.15) is 25.9 Å². The number of amides is 1. The van der Waals surface area contributed by atoms with Gasteiger partial charge in [-0.2, -0.15) is 0 Å². The lowest BCUT2D eigenvalue weighted by atomic mass is 10.3. The van der Waals surface area contributed by atoms with Crippen molar-refractivity contribution in [1.82, 2.24) is 15.0 Å². The maximum atomic E-state index is 12.0. The number of rotatable bonds is 2. The van der Waals surface area contributed by atoms with E-state index < -0.39 is 5.91 Å². The third kappa shape index (κ3) is 3.06. The van der Waals surface area contributed by atoms with Gasteiger partial charge < -0.3 is 5.32 Å². The van der Waals surface area contributed by atoms with Crippen LogP contribution in [0.25, 0.3) is 0 Å². The largest absolute Gasteiger partial charge is 0.320 e. The van der Waals surface area contributed by atoms with Crippen molar-refractivity contribution in [2.45, 2.75) is 0 Å². The topological polar surface area (TPSA) is 67.8 Å². The van der Waals surface area contributed by atoms with Crippen molar-refractivity contribution in [2.75, 3.05) is 5.32 Å². The molecule has 0 aliphatic rings. The van der Waals surface area contributed by atoms with Crippen LogP contribution >= 0.6 is 45.8 Å². The van der Waals surface area contributed by atoms with Gasteiger partial charge in [-0.05, 0) is 34.7 Å². The number of anilines is 1. The molecule has 1 N–H and O–H groups in total. The Kier molecular flexibility index (Phi) is 4.31. The van der Waals surface area contributed by atoms with Gasteiger partial charge in [0.25, 0.3) is 5.91 Å². The molecular formula is C10H5Cl2IN4O. The average molecular weight is 395 g/mol. The molecule has 18 heavy (non-hydrogen) atoms. The summed E-state index contributed by atoms with van der Waals surface area (Å²) in [5, 5.41) is 2.62. The third-order valence-corrected chi connectivity index (χ3v) is 3.18. The normalized spacial score (nSPS) is 10.2. The highest BCUT2D eigenvalue weighted by molar-refractivity contribution is 14.1. The van der Waals surface area contributed by atoms with E-state index >= 15 is 0 Å². The van der Waals surface area contributed by atoms with Crippen molar-refractivity contribution in [2.24, 2.45) is 0 Å². The van der Waals surface area contributed by atoms with Gasteiger partial charge in [0, 0.05) is 0 Å². The number of nitrogens with zero attached hydrogens (tertiary/aromatic N) is 3. The maximum Gasteiger partial charge on any atom is 0.261 e. The summed E-state index contributed by atoms with van der Waals surface area (Å²) < 4.78 is 0.824. The quantitative estimate of drug-likeness (QED) is 0.483. The molecule has 0 aliphatic carbocycles. The van der Waals surface area contributed by atoms with Gasteiger partial charge >= 0.3 is 0 Å². The van der Waals surface area contributed by atoms with E-state index in [1.54, 1.807) is 12.1 Å². The molecule has 1 amide bonds. The van der Waals surface area contributed by atoms with Crippen molar-refractivity contribution in [3.63, 3.8) is 0 Å². The number of halogens is 3. The van der Waals surface area contributed by atoms with E-state index in [1.807, 2.05) is 0 Å². The van der Waals surface area contributed by atoms with Crippen LogP contribution in [0.2, 0.25) is 10.3 Å². The molecular weight excluding hydrogens is 390 g/mol. The first-order valence-electron chi connectivity index (χ1n) is 4.67. The number of hydrogen-bond acceptors (Lipinski definition) is 4. The fraction of sp³-hybridized carbons (Fsp3) is 0. The maximum absolute atomic E-state index is 12.0. The fourth-order valence-corrected chi connectivity index (χ4v) is 1.98. The molecule has 0 aromatic carbocycles. The lowest BCUT2D eigenvalue weighted by molar-refractivity contribution is 0.102. The Hall–Kier alpha value is -0.990. The first-order chi connectivity index (χ1) is 8.58. The minimum Gasteiger partial charge on any atom is -0.320 e. The highest BCUT2D eigenvalue weighted by atomic mass is 127. The minimum absolute atomic E-state index is 0.00553. The van der Waals surface area contributed by atoms with Gasteiger partial charge in [-0.25, -0.2) is 15.0 Å². The van der Waals surface area contributed by atoms with E-state index in [1.165, 1.54) is 12.5 Å². The van der Waals surface area contributed by atoms with Crippen molar-refractivity contribution in [1.29, 1.82) is 0 Å². The number of nitrogens with one attached hydrogen (secondary N) is 1. The van der Waals surface area contributed by atoms with Gasteiger partial charge in [-0.3, -0.25) is 4.79 Å². The Morgan fingerprint density at radius 1 is 1.17 bits per heavy atom. The van der Waals surface area contributed by atoms with Gasteiger partial charge in [0.15, 0.2) is 0 Å². The summed E-state index contributed by atoms with van der Waals surface area (Å²) in [4.78, 5) is 23.4. The van der Waals surface area contributed by atoms with E-state index in [4.69, 9.17) is 23.2 Å². The van der Waals surface area contributed by atoms with E-state index in [0.29, 0.717) is 5.69 Å². The second-order valence-corrected chi connectivity index (χ2v) is 4.98. The number of hydrogen-bond donors (Lipinski definition) is 1. The van der Waals surface area contributed by atoms with Gasteiger partial charge in [-0.1, -0.05) is 23.2 Å². The highest BCUT2D eigenvalue weighted by Crippen LogP contribution is 2.21. The zero-order chi connectivity index (χ0) is 13.1. The van der Waals surface area contributed by atoms with Crippen LogP contribution in [-0.2, 0) is 0 Å². The summed E-state index contributed by atoms with van der Waals surface area (Å²) in [6, 6.07) is 3.49. The standard InChI is InChI=1S/C10H5Cl2IN4O/c11-8-7(9(12)16-4-15-8)10(18)17-5-1-2-6(13)14-3-5/h1-4H,(H,17,18). The van der Waals surface area contributed by atoms with Crippen LogP contribution in [0.1, 0.15) is 10.4 Å². The van der Waals surface area contributed by atoms with Crippen molar-refractivity contribution in [3.05, 3.63) is 44.2 Å². The van der Waals surface area contributed by atoms with Crippen LogP contribution in [0.3, 0.4) is 0 Å². The summed E-state index contributed by atoms with van der Waals surface area (Å²) in [5.41, 5.74) is 0.579. The SMILES string of the molecule is O=C(Nc1ccc(I)nc1)c1c(Cl)ncnc1Cl. The van der Waals surface area contributed by atoms with Crippen LogP contribution in [0.15, 0.2) is 24.7 Å². The van der Waals surface area contributed by atoms with E-state index in [9.17, 15) is 4.79 Å². The fourth-order valence-electron chi connectivity index (χ4n) is 1.18. The lowest BCUT2D eigenvalue weighted by Crippen LogP contribution is -2.14. The smallest absolute Gasteiger partial charge is 0.261 e. The summed E-state index contributed by atoms with van der Waals surface area (Å²) in [7, 11) is 0. The summed E-state index contributed by atoms with van der Waals surface area (Å²) in [6.07, 6.45) is 2.72. The molecule has 0 radical (unpaired) electrons. The van der Waals surface area contributed by atoms with Crippen molar-refractivity contribution >= 4 is 57.4 Å². The predicted octanol–water partition coefficient (Wildman–Crippen LogP) is 3.04. The Morgan fingerprint density at radius 3 is 2.39 bits per heavy atom. The molecule has 2 rings (SSSR count). The molecule has 2 heterocycles. The van der Waals surface area contributed by atoms with E-state index in [0.717, 1.165) is 3.70 Å². The molecule has 0 saturated carbocycles. The molecule has 0 unspecified atom stereocenters. The molecule has 2 aromatic rings. The van der Waals surface area contributed by atoms with Gasteiger partial charge in [0.05, 0.1) is 11.9 Å². The lowest BCUT2D eigenvalue weighted by Gasteiger charge is -2.06. The zero-order valence-corrected chi connectivity index (χ0v) is 12.4. The van der Waals surface area contributed by atoms with Crippen molar-refractivity contribution in [3.8, 4) is 0 Å². The van der Waals surface area contributed by atoms with Crippen LogP contribution in [0.4, 0.5) is 5.69 Å². The Morgan fingerprint density at radius 2 is 1.83 bits per heavy atom. The number of carbonyl (C=O) groups excluding carboxylic acids is 1. The van der Waals surface area contributed by atoms with E-state index in [2.05, 4.69) is 42.9 Å². The third-order valence-electron chi connectivity index (χ3n) is 1.97.